The number of ether oxygens (including phenoxy) is 1. The van der Waals surface area contributed by atoms with E-state index in [4.69, 9.17) is 0 Å². The third-order valence-electron chi connectivity index (χ3n) is 2.83. The van der Waals surface area contributed by atoms with Gasteiger partial charge in [0.1, 0.15) is 11.5 Å². The van der Waals surface area contributed by atoms with Crippen molar-refractivity contribution < 1.29 is 19.0 Å². The summed E-state index contributed by atoms with van der Waals surface area (Å²) >= 11 is 0. The van der Waals surface area contributed by atoms with Crippen molar-refractivity contribution in [2.45, 2.75) is 19.4 Å². The number of aliphatic hydroxyl groups is 1. The number of esters is 1. The Bertz CT molecular complexity index is 627. The second kappa shape index (κ2) is 5.79. The zero-order valence-corrected chi connectivity index (χ0v) is 11.1. The molecule has 0 radical (unpaired) electrons. The van der Waals surface area contributed by atoms with Crippen molar-refractivity contribution in [3.05, 3.63) is 41.5 Å². The molecule has 0 aliphatic carbocycles. The van der Waals surface area contributed by atoms with Crippen molar-refractivity contribution in [2.24, 2.45) is 0 Å². The number of aromatic nitrogens is 3. The van der Waals surface area contributed by atoms with Crippen molar-refractivity contribution >= 4 is 5.97 Å². The van der Waals surface area contributed by atoms with E-state index in [1.807, 2.05) is 6.92 Å². The van der Waals surface area contributed by atoms with Crippen LogP contribution in [-0.4, -0.2) is 33.2 Å². The van der Waals surface area contributed by atoms with Crippen LogP contribution in [0.15, 0.2) is 24.4 Å². The first-order chi connectivity index (χ1) is 9.56. The molecular formula is C13H14FN3O3. The Labute approximate surface area is 114 Å². The maximum absolute atomic E-state index is 13.8. The molecule has 1 aromatic carbocycles. The lowest BCUT2D eigenvalue weighted by atomic mass is 10.2. The number of aliphatic hydroxyl groups excluding tert-OH is 1. The predicted octanol–water partition coefficient (Wildman–Crippen LogP) is 1.64. The number of hydrogen-bond acceptors (Lipinski definition) is 5. The first-order valence-electron chi connectivity index (χ1n) is 6.05. The van der Waals surface area contributed by atoms with Gasteiger partial charge in [-0.2, -0.15) is 15.0 Å². The van der Waals surface area contributed by atoms with E-state index in [9.17, 15) is 14.3 Å². The Balaban J connectivity index is 2.32. The van der Waals surface area contributed by atoms with Crippen LogP contribution in [0.5, 0.6) is 0 Å². The lowest BCUT2D eigenvalue weighted by Crippen LogP contribution is -2.07. The van der Waals surface area contributed by atoms with Crippen LogP contribution < -0.4 is 0 Å². The van der Waals surface area contributed by atoms with Gasteiger partial charge in [-0.05, 0) is 18.6 Å². The smallest absolute Gasteiger partial charge is 0.340 e. The molecule has 0 fully saturated rings. The average Bonchev–Trinajstić information content (AvgIpc) is 2.95. The Morgan fingerprint density at radius 1 is 1.55 bits per heavy atom. The van der Waals surface area contributed by atoms with E-state index in [2.05, 4.69) is 14.9 Å². The topological polar surface area (TPSA) is 77.2 Å². The summed E-state index contributed by atoms with van der Waals surface area (Å²) in [5.74, 6) is -1.46. The molecule has 106 valence electrons. The molecule has 0 aliphatic rings. The highest BCUT2D eigenvalue weighted by Gasteiger charge is 2.15. The van der Waals surface area contributed by atoms with E-state index >= 15 is 0 Å². The molecule has 0 saturated heterocycles. The zero-order valence-electron chi connectivity index (χ0n) is 11.1. The molecule has 20 heavy (non-hydrogen) atoms. The molecule has 1 aromatic heterocycles. The monoisotopic (exact) mass is 279 g/mol. The summed E-state index contributed by atoms with van der Waals surface area (Å²) in [4.78, 5) is 12.5. The molecule has 0 amide bonds. The van der Waals surface area contributed by atoms with E-state index in [1.165, 1.54) is 30.2 Å². The minimum Gasteiger partial charge on any atom is -0.465 e. The van der Waals surface area contributed by atoms with Gasteiger partial charge in [0.25, 0.3) is 0 Å². The molecule has 0 unspecified atom stereocenters. The molecule has 0 aliphatic heterocycles. The highest BCUT2D eigenvalue weighted by atomic mass is 19.1. The molecule has 0 spiro atoms. The number of rotatable bonds is 4. The second-order valence-corrected chi connectivity index (χ2v) is 4.14. The molecule has 1 N–H and O–H groups in total. The van der Waals surface area contributed by atoms with E-state index < -0.39 is 17.9 Å². The number of halogens is 1. The minimum atomic E-state index is -0.746. The normalized spacial score (nSPS) is 12.2. The molecule has 6 nitrogen and oxygen atoms in total. The summed E-state index contributed by atoms with van der Waals surface area (Å²) in [5, 5.41) is 17.7. The molecular weight excluding hydrogens is 265 g/mol. The number of methoxy groups -OCH3 is 1. The first kappa shape index (κ1) is 14.1. The number of benzene rings is 1. The van der Waals surface area contributed by atoms with Crippen molar-refractivity contribution in [1.29, 1.82) is 0 Å². The fourth-order valence-corrected chi connectivity index (χ4v) is 1.67. The zero-order chi connectivity index (χ0) is 14.7. The van der Waals surface area contributed by atoms with Gasteiger partial charge in [0.05, 0.1) is 30.7 Å². The SMILES string of the molecule is CC[C@@H](O)c1cnn(-c2ccc(C(=O)OC)c(F)c2)n1. The quantitative estimate of drug-likeness (QED) is 0.861. The maximum Gasteiger partial charge on any atom is 0.340 e. The van der Waals surface area contributed by atoms with Crippen LogP contribution in [0.4, 0.5) is 4.39 Å². The van der Waals surface area contributed by atoms with Crippen LogP contribution in [-0.2, 0) is 4.74 Å². The largest absolute Gasteiger partial charge is 0.465 e. The summed E-state index contributed by atoms with van der Waals surface area (Å²) < 4.78 is 18.2. The highest BCUT2D eigenvalue weighted by Crippen LogP contribution is 2.16. The maximum atomic E-state index is 13.8. The number of hydrogen-bond donors (Lipinski definition) is 1. The molecule has 2 aromatic rings. The van der Waals surface area contributed by atoms with Crippen LogP contribution >= 0.6 is 0 Å². The summed E-state index contributed by atoms with van der Waals surface area (Å²) in [6, 6.07) is 3.93. The summed E-state index contributed by atoms with van der Waals surface area (Å²) in [5.41, 5.74) is 0.604. The van der Waals surface area contributed by atoms with Crippen LogP contribution in [0.1, 0.15) is 35.5 Å². The molecule has 1 atom stereocenters. The predicted molar refractivity (Wildman–Crippen MR) is 67.9 cm³/mol. The Kier molecular flexibility index (Phi) is 4.09. The molecule has 7 heteroatoms. The average molecular weight is 279 g/mol. The number of carbonyl (C=O) groups excluding carboxylic acids is 1. The van der Waals surface area contributed by atoms with Gasteiger partial charge in [0.15, 0.2) is 0 Å². The highest BCUT2D eigenvalue weighted by molar-refractivity contribution is 5.89. The van der Waals surface area contributed by atoms with Gasteiger partial charge in [0.2, 0.25) is 0 Å². The fraction of sp³-hybridized carbons (Fsp3) is 0.308. The molecule has 2 rings (SSSR count). The minimum absolute atomic E-state index is 0.155. The molecule has 0 saturated carbocycles. The van der Waals surface area contributed by atoms with Gasteiger partial charge in [-0.3, -0.25) is 0 Å². The van der Waals surface area contributed by atoms with Crippen LogP contribution in [0.3, 0.4) is 0 Å². The Hall–Kier alpha value is -2.28. The van der Waals surface area contributed by atoms with Crippen molar-refractivity contribution in [3.63, 3.8) is 0 Å². The van der Waals surface area contributed by atoms with Crippen LogP contribution in [0, 0.1) is 5.82 Å². The van der Waals surface area contributed by atoms with Gasteiger partial charge < -0.3 is 9.84 Å². The van der Waals surface area contributed by atoms with E-state index in [1.54, 1.807) is 0 Å². The molecule has 0 bridgehead atoms. The van der Waals surface area contributed by atoms with Crippen molar-refractivity contribution in [3.8, 4) is 5.69 Å². The number of carbonyl (C=O) groups is 1. The molecule has 1 heterocycles. The van der Waals surface area contributed by atoms with Gasteiger partial charge in [0, 0.05) is 6.07 Å². The van der Waals surface area contributed by atoms with E-state index in [0.29, 0.717) is 17.8 Å². The second-order valence-electron chi connectivity index (χ2n) is 4.14. The lowest BCUT2D eigenvalue weighted by Gasteiger charge is -2.04. The van der Waals surface area contributed by atoms with Gasteiger partial charge in [-0.1, -0.05) is 6.92 Å². The summed E-state index contributed by atoms with van der Waals surface area (Å²) in [7, 11) is 1.18. The Morgan fingerprint density at radius 3 is 2.90 bits per heavy atom. The van der Waals surface area contributed by atoms with E-state index in [-0.39, 0.29) is 5.56 Å². The Morgan fingerprint density at radius 2 is 2.30 bits per heavy atom. The first-order valence-corrected chi connectivity index (χ1v) is 6.05. The van der Waals surface area contributed by atoms with Crippen molar-refractivity contribution in [1.82, 2.24) is 15.0 Å². The van der Waals surface area contributed by atoms with Crippen LogP contribution in [0.2, 0.25) is 0 Å². The van der Waals surface area contributed by atoms with Crippen molar-refractivity contribution in [2.75, 3.05) is 7.11 Å². The third kappa shape index (κ3) is 2.67. The van der Waals surface area contributed by atoms with Gasteiger partial charge in [-0.15, -0.1) is 0 Å². The standard InChI is InChI=1S/C13H14FN3O3/c1-3-12(18)11-7-15-17(16-11)8-4-5-9(10(14)6-8)13(19)20-2/h4-7,12,18H,3H2,1-2H3/t12-/m1/s1. The van der Waals surface area contributed by atoms with Gasteiger partial charge >= 0.3 is 5.97 Å². The third-order valence-corrected chi connectivity index (χ3v) is 2.83. The summed E-state index contributed by atoms with van der Waals surface area (Å²) in [6.45, 7) is 1.81. The summed E-state index contributed by atoms with van der Waals surface area (Å²) in [6.07, 6.45) is 1.22. The van der Waals surface area contributed by atoms with Crippen LogP contribution in [0.25, 0.3) is 5.69 Å². The fourth-order valence-electron chi connectivity index (χ4n) is 1.67. The lowest BCUT2D eigenvalue weighted by molar-refractivity contribution is 0.0595. The van der Waals surface area contributed by atoms with Gasteiger partial charge in [-0.25, -0.2) is 9.18 Å². The van der Waals surface area contributed by atoms with E-state index in [0.717, 1.165) is 6.07 Å². The number of nitrogens with zero attached hydrogens (tertiary/aromatic N) is 3.